The van der Waals surface area contributed by atoms with Gasteiger partial charge in [0.1, 0.15) is 6.61 Å². The average molecular weight is 266 g/mol. The van der Waals surface area contributed by atoms with Gasteiger partial charge in [0.25, 0.3) is 0 Å². The van der Waals surface area contributed by atoms with E-state index in [-0.39, 0.29) is 19.3 Å². The van der Waals surface area contributed by atoms with E-state index in [9.17, 15) is 13.2 Å². The fourth-order valence-electron chi connectivity index (χ4n) is 1.68. The van der Waals surface area contributed by atoms with Gasteiger partial charge >= 0.3 is 6.09 Å². The molecule has 2 N–H and O–H groups in total. The Morgan fingerprint density at radius 1 is 1.47 bits per heavy atom. The Morgan fingerprint density at radius 3 is 2.53 bits per heavy atom. The van der Waals surface area contributed by atoms with Gasteiger partial charge < -0.3 is 15.2 Å². The third kappa shape index (κ3) is 4.88. The summed E-state index contributed by atoms with van der Waals surface area (Å²) in [6.07, 6.45) is 1.75. The van der Waals surface area contributed by atoms with Crippen LogP contribution in [0.3, 0.4) is 0 Å². The van der Waals surface area contributed by atoms with Crippen LogP contribution < -0.4 is 5.32 Å². The van der Waals surface area contributed by atoms with Crippen LogP contribution in [-0.2, 0) is 14.8 Å². The molecule has 0 aliphatic carbocycles. The lowest BCUT2D eigenvalue weighted by Crippen LogP contribution is -2.46. The second-order valence-electron chi connectivity index (χ2n) is 3.94. The first kappa shape index (κ1) is 14.2. The molecule has 100 valence electrons. The molecule has 1 heterocycles. The van der Waals surface area contributed by atoms with Crippen molar-refractivity contribution in [1.29, 1.82) is 0 Å². The van der Waals surface area contributed by atoms with E-state index in [4.69, 9.17) is 5.11 Å². The van der Waals surface area contributed by atoms with Gasteiger partial charge in [-0.05, 0) is 12.8 Å². The van der Waals surface area contributed by atoms with E-state index in [1.807, 2.05) is 0 Å². The Morgan fingerprint density at radius 2 is 2.06 bits per heavy atom. The molecule has 7 nitrogen and oxygen atoms in total. The van der Waals surface area contributed by atoms with Crippen LogP contribution in [0.15, 0.2) is 0 Å². The number of nitrogens with one attached hydrogen (secondary N) is 1. The van der Waals surface area contributed by atoms with Crippen molar-refractivity contribution in [2.24, 2.45) is 0 Å². The normalized spacial score (nSPS) is 18.9. The number of sulfonamides is 1. The van der Waals surface area contributed by atoms with Crippen molar-refractivity contribution in [2.75, 3.05) is 32.6 Å². The summed E-state index contributed by atoms with van der Waals surface area (Å²) in [5.74, 6) is 0. The number of alkyl carbamates (subject to hydrolysis) is 1. The van der Waals surface area contributed by atoms with Gasteiger partial charge in [0.2, 0.25) is 10.0 Å². The number of piperidine rings is 1. The Labute approximate surface area is 101 Å². The van der Waals surface area contributed by atoms with Crippen molar-refractivity contribution < 1.29 is 23.1 Å². The van der Waals surface area contributed by atoms with Crippen molar-refractivity contribution >= 4 is 16.1 Å². The van der Waals surface area contributed by atoms with Gasteiger partial charge in [-0.3, -0.25) is 0 Å². The van der Waals surface area contributed by atoms with Gasteiger partial charge in [0, 0.05) is 19.1 Å². The second kappa shape index (κ2) is 6.18. The summed E-state index contributed by atoms with van der Waals surface area (Å²) in [7, 11) is -3.14. The number of carbonyl (C=O) groups is 1. The molecule has 0 saturated carbocycles. The number of nitrogens with zero attached hydrogens (tertiary/aromatic N) is 1. The Kier molecular flexibility index (Phi) is 5.16. The van der Waals surface area contributed by atoms with Crippen molar-refractivity contribution in [3.05, 3.63) is 0 Å². The average Bonchev–Trinajstić information content (AvgIpc) is 2.26. The number of carbonyl (C=O) groups excluding carboxylic acids is 1. The van der Waals surface area contributed by atoms with Crippen LogP contribution >= 0.6 is 0 Å². The Bertz CT molecular complexity index is 348. The number of aliphatic hydroxyl groups is 1. The second-order valence-corrected chi connectivity index (χ2v) is 5.92. The van der Waals surface area contributed by atoms with Gasteiger partial charge in [0.15, 0.2) is 0 Å². The van der Waals surface area contributed by atoms with E-state index in [2.05, 4.69) is 10.1 Å². The highest BCUT2D eigenvalue weighted by molar-refractivity contribution is 7.88. The maximum Gasteiger partial charge on any atom is 0.407 e. The lowest BCUT2D eigenvalue weighted by Gasteiger charge is -2.30. The summed E-state index contributed by atoms with van der Waals surface area (Å²) < 4.78 is 28.5. The summed E-state index contributed by atoms with van der Waals surface area (Å²) >= 11 is 0. The summed E-state index contributed by atoms with van der Waals surface area (Å²) in [4.78, 5) is 11.2. The number of hydrogen-bond acceptors (Lipinski definition) is 5. The van der Waals surface area contributed by atoms with E-state index < -0.39 is 16.1 Å². The molecular formula is C9H18N2O5S. The summed E-state index contributed by atoms with van der Waals surface area (Å²) in [6.45, 7) is 0.571. The Hall–Kier alpha value is -0.860. The van der Waals surface area contributed by atoms with E-state index in [1.54, 1.807) is 0 Å². The SMILES string of the molecule is CS(=O)(=O)N1CCC(NC(=O)OCCO)CC1. The summed E-state index contributed by atoms with van der Waals surface area (Å²) in [5.41, 5.74) is 0. The van der Waals surface area contributed by atoms with Gasteiger partial charge in [-0.1, -0.05) is 0 Å². The highest BCUT2D eigenvalue weighted by Crippen LogP contribution is 2.13. The fraction of sp³-hybridized carbons (Fsp3) is 0.889. The van der Waals surface area contributed by atoms with Crippen LogP contribution in [0.5, 0.6) is 0 Å². The zero-order valence-corrected chi connectivity index (χ0v) is 10.6. The van der Waals surface area contributed by atoms with Crippen molar-refractivity contribution in [1.82, 2.24) is 9.62 Å². The van der Waals surface area contributed by atoms with Crippen LogP contribution in [0.2, 0.25) is 0 Å². The zero-order chi connectivity index (χ0) is 12.9. The first-order chi connectivity index (χ1) is 7.93. The lowest BCUT2D eigenvalue weighted by atomic mass is 10.1. The molecule has 1 amide bonds. The minimum atomic E-state index is -3.14. The van der Waals surface area contributed by atoms with E-state index in [1.165, 1.54) is 10.6 Å². The molecule has 8 heteroatoms. The summed E-state index contributed by atoms with van der Waals surface area (Å²) in [5, 5.41) is 11.1. The third-order valence-electron chi connectivity index (χ3n) is 2.57. The molecule has 0 unspecified atom stereocenters. The van der Waals surface area contributed by atoms with Crippen LogP contribution in [-0.4, -0.2) is 62.5 Å². The molecule has 0 aromatic rings. The van der Waals surface area contributed by atoms with Crippen LogP contribution in [0, 0.1) is 0 Å². The number of amides is 1. The molecule has 1 rings (SSSR count). The molecule has 17 heavy (non-hydrogen) atoms. The fourth-order valence-corrected chi connectivity index (χ4v) is 2.55. The van der Waals surface area contributed by atoms with Crippen molar-refractivity contribution in [2.45, 2.75) is 18.9 Å². The minimum Gasteiger partial charge on any atom is -0.447 e. The lowest BCUT2D eigenvalue weighted by molar-refractivity contribution is 0.113. The van der Waals surface area contributed by atoms with Crippen LogP contribution in [0.4, 0.5) is 4.79 Å². The van der Waals surface area contributed by atoms with E-state index in [0.717, 1.165) is 0 Å². The maximum atomic E-state index is 11.2. The number of hydrogen-bond donors (Lipinski definition) is 2. The van der Waals surface area contributed by atoms with Crippen molar-refractivity contribution in [3.8, 4) is 0 Å². The zero-order valence-electron chi connectivity index (χ0n) is 9.76. The molecule has 1 aliphatic heterocycles. The first-order valence-corrected chi connectivity index (χ1v) is 7.27. The first-order valence-electron chi connectivity index (χ1n) is 5.42. The highest BCUT2D eigenvalue weighted by Gasteiger charge is 2.25. The molecular weight excluding hydrogens is 248 g/mol. The van der Waals surface area contributed by atoms with Crippen LogP contribution in [0.1, 0.15) is 12.8 Å². The molecule has 0 spiro atoms. The summed E-state index contributed by atoms with van der Waals surface area (Å²) in [6, 6.07) is -0.0702. The molecule has 1 fully saturated rings. The van der Waals surface area contributed by atoms with E-state index >= 15 is 0 Å². The monoisotopic (exact) mass is 266 g/mol. The Balaban J connectivity index is 2.30. The largest absolute Gasteiger partial charge is 0.447 e. The smallest absolute Gasteiger partial charge is 0.407 e. The minimum absolute atomic E-state index is 0.0337. The van der Waals surface area contributed by atoms with Gasteiger partial charge in [0.05, 0.1) is 12.9 Å². The number of rotatable bonds is 4. The van der Waals surface area contributed by atoms with Gasteiger partial charge in [-0.15, -0.1) is 0 Å². The third-order valence-corrected chi connectivity index (χ3v) is 3.87. The molecule has 1 aliphatic rings. The number of aliphatic hydroxyl groups excluding tert-OH is 1. The predicted molar refractivity (Wildman–Crippen MR) is 61.0 cm³/mol. The van der Waals surface area contributed by atoms with Crippen molar-refractivity contribution in [3.63, 3.8) is 0 Å². The molecule has 1 saturated heterocycles. The van der Waals surface area contributed by atoms with Gasteiger partial charge in [-0.25, -0.2) is 17.5 Å². The standard InChI is InChI=1S/C9H18N2O5S/c1-17(14,15)11-4-2-8(3-5-11)10-9(13)16-7-6-12/h8,12H,2-7H2,1H3,(H,10,13). The topological polar surface area (TPSA) is 95.9 Å². The van der Waals surface area contributed by atoms with E-state index in [0.29, 0.717) is 25.9 Å². The molecule has 0 atom stereocenters. The molecule has 0 bridgehead atoms. The molecule has 0 aromatic carbocycles. The predicted octanol–water partition coefficient (Wildman–Crippen LogP) is -0.871. The van der Waals surface area contributed by atoms with Gasteiger partial charge in [-0.2, -0.15) is 0 Å². The maximum absolute atomic E-state index is 11.2. The molecule has 0 aromatic heterocycles. The number of ether oxygens (including phenoxy) is 1. The quantitative estimate of drug-likeness (QED) is 0.689. The van der Waals surface area contributed by atoms with Crippen LogP contribution in [0.25, 0.3) is 0 Å². The molecule has 0 radical (unpaired) electrons. The highest BCUT2D eigenvalue weighted by atomic mass is 32.2.